The van der Waals surface area contributed by atoms with Gasteiger partial charge in [0, 0.05) is 6.54 Å². The molecule has 1 atom stereocenters. The summed E-state index contributed by atoms with van der Waals surface area (Å²) < 4.78 is 0. The maximum Gasteiger partial charge on any atom is 0.326 e. The summed E-state index contributed by atoms with van der Waals surface area (Å²) in [5, 5.41) is 9.40. The molecule has 5 heteroatoms. The molecule has 114 valence electrons. The highest BCUT2D eigenvalue weighted by Crippen LogP contribution is 2.17. The second-order valence-corrected chi connectivity index (χ2v) is 5.41. The van der Waals surface area contributed by atoms with Gasteiger partial charge in [-0.25, -0.2) is 4.79 Å². The molecule has 1 aromatic carbocycles. The number of carbonyl (C=O) groups excluding carboxylic acids is 2. The SMILES string of the molecule is CC(=O)CC(=O)N(Cc1ccccc1)[C@H](C(=O)O)C(C)C. The lowest BCUT2D eigenvalue weighted by Crippen LogP contribution is -2.48. The monoisotopic (exact) mass is 291 g/mol. The molecule has 0 radical (unpaired) electrons. The Morgan fingerprint density at radius 1 is 1.14 bits per heavy atom. The van der Waals surface area contributed by atoms with Crippen LogP contribution in [0.2, 0.25) is 0 Å². The first-order valence-electron chi connectivity index (χ1n) is 6.88. The Morgan fingerprint density at radius 2 is 1.71 bits per heavy atom. The Balaban J connectivity index is 3.06. The number of hydrogen-bond donors (Lipinski definition) is 1. The van der Waals surface area contributed by atoms with Gasteiger partial charge in [-0.1, -0.05) is 44.2 Å². The van der Waals surface area contributed by atoms with Crippen LogP contribution in [0.15, 0.2) is 30.3 Å². The number of ketones is 1. The van der Waals surface area contributed by atoms with Crippen LogP contribution in [-0.2, 0) is 20.9 Å². The molecule has 0 aliphatic rings. The first kappa shape index (κ1) is 16.9. The third-order valence-corrected chi connectivity index (χ3v) is 3.14. The number of carboxylic acids is 1. The largest absolute Gasteiger partial charge is 0.480 e. The number of nitrogens with zero attached hydrogens (tertiary/aromatic N) is 1. The lowest BCUT2D eigenvalue weighted by Gasteiger charge is -2.31. The van der Waals surface area contributed by atoms with Gasteiger partial charge in [0.2, 0.25) is 5.91 Å². The van der Waals surface area contributed by atoms with Gasteiger partial charge in [0.05, 0.1) is 6.42 Å². The highest BCUT2D eigenvalue weighted by atomic mass is 16.4. The van der Waals surface area contributed by atoms with Crippen LogP contribution >= 0.6 is 0 Å². The predicted molar refractivity (Wildman–Crippen MR) is 78.6 cm³/mol. The Morgan fingerprint density at radius 3 is 2.14 bits per heavy atom. The summed E-state index contributed by atoms with van der Waals surface area (Å²) in [6.07, 6.45) is -0.274. The second-order valence-electron chi connectivity index (χ2n) is 5.41. The van der Waals surface area contributed by atoms with E-state index in [2.05, 4.69) is 0 Å². The van der Waals surface area contributed by atoms with E-state index in [9.17, 15) is 19.5 Å². The highest BCUT2D eigenvalue weighted by Gasteiger charge is 2.32. The fourth-order valence-electron chi connectivity index (χ4n) is 2.21. The molecule has 0 aromatic heterocycles. The van der Waals surface area contributed by atoms with Crippen molar-refractivity contribution >= 4 is 17.7 Å². The van der Waals surface area contributed by atoms with Crippen LogP contribution < -0.4 is 0 Å². The van der Waals surface area contributed by atoms with Crippen molar-refractivity contribution in [3.63, 3.8) is 0 Å². The van der Waals surface area contributed by atoms with Crippen molar-refractivity contribution in [2.24, 2.45) is 5.92 Å². The van der Waals surface area contributed by atoms with E-state index < -0.39 is 17.9 Å². The van der Waals surface area contributed by atoms with Crippen LogP contribution in [0.25, 0.3) is 0 Å². The first-order chi connectivity index (χ1) is 9.82. The van der Waals surface area contributed by atoms with Crippen LogP contribution in [0.5, 0.6) is 0 Å². The lowest BCUT2D eigenvalue weighted by molar-refractivity contribution is -0.153. The van der Waals surface area contributed by atoms with Crippen LogP contribution in [-0.4, -0.2) is 33.7 Å². The molecule has 1 N–H and O–H groups in total. The molecule has 1 aromatic rings. The summed E-state index contributed by atoms with van der Waals surface area (Å²) in [5.74, 6) is -2.03. The quantitative estimate of drug-likeness (QED) is 0.781. The molecule has 5 nitrogen and oxygen atoms in total. The zero-order valence-corrected chi connectivity index (χ0v) is 12.6. The molecule has 0 saturated heterocycles. The topological polar surface area (TPSA) is 74.7 Å². The minimum absolute atomic E-state index is 0.183. The van der Waals surface area contributed by atoms with Crippen molar-refractivity contribution < 1.29 is 19.5 Å². The summed E-state index contributed by atoms with van der Waals surface area (Å²) in [4.78, 5) is 36.2. The van der Waals surface area contributed by atoms with Crippen molar-refractivity contribution in [2.75, 3.05) is 0 Å². The van der Waals surface area contributed by atoms with E-state index in [-0.39, 0.29) is 24.7 Å². The Hall–Kier alpha value is -2.17. The number of hydrogen-bond acceptors (Lipinski definition) is 3. The minimum Gasteiger partial charge on any atom is -0.480 e. The fourth-order valence-corrected chi connectivity index (χ4v) is 2.21. The van der Waals surface area contributed by atoms with Gasteiger partial charge in [0.1, 0.15) is 11.8 Å². The molecule has 0 saturated carbocycles. The van der Waals surface area contributed by atoms with Crippen molar-refractivity contribution in [2.45, 2.75) is 39.8 Å². The molecule has 0 aliphatic heterocycles. The average molecular weight is 291 g/mol. The Bertz CT molecular complexity index is 510. The molecule has 0 aliphatic carbocycles. The van der Waals surface area contributed by atoms with Crippen molar-refractivity contribution in [1.29, 1.82) is 0 Å². The van der Waals surface area contributed by atoms with Gasteiger partial charge in [-0.2, -0.15) is 0 Å². The molecular weight excluding hydrogens is 270 g/mol. The van der Waals surface area contributed by atoms with Gasteiger partial charge in [-0.05, 0) is 18.4 Å². The molecule has 0 heterocycles. The van der Waals surface area contributed by atoms with Crippen LogP contribution in [0.4, 0.5) is 0 Å². The van der Waals surface area contributed by atoms with E-state index in [1.807, 2.05) is 30.3 Å². The minimum atomic E-state index is -1.06. The number of carboxylic acid groups (broad SMARTS) is 1. The summed E-state index contributed by atoms with van der Waals surface area (Å²) in [5.41, 5.74) is 0.835. The molecule has 0 fully saturated rings. The van der Waals surface area contributed by atoms with E-state index in [0.29, 0.717) is 0 Å². The van der Waals surface area contributed by atoms with Gasteiger partial charge in [0.25, 0.3) is 0 Å². The molecule has 0 unspecified atom stereocenters. The average Bonchev–Trinajstić information content (AvgIpc) is 2.37. The summed E-state index contributed by atoms with van der Waals surface area (Å²) in [7, 11) is 0. The van der Waals surface area contributed by atoms with Crippen molar-refractivity contribution in [1.82, 2.24) is 4.90 Å². The number of aliphatic carboxylic acids is 1. The van der Waals surface area contributed by atoms with Crippen molar-refractivity contribution in [3.05, 3.63) is 35.9 Å². The van der Waals surface area contributed by atoms with Crippen molar-refractivity contribution in [3.8, 4) is 0 Å². The summed E-state index contributed by atoms with van der Waals surface area (Å²) in [6.45, 7) is 5.00. The van der Waals surface area contributed by atoms with Crippen LogP contribution in [0.3, 0.4) is 0 Å². The van der Waals surface area contributed by atoms with Gasteiger partial charge < -0.3 is 10.0 Å². The van der Waals surface area contributed by atoms with Crippen LogP contribution in [0.1, 0.15) is 32.8 Å². The molecule has 1 rings (SSSR count). The number of amides is 1. The number of Topliss-reactive ketones (excluding diaryl/α,β-unsaturated/α-hetero) is 1. The maximum atomic E-state index is 12.3. The van der Waals surface area contributed by atoms with E-state index in [1.54, 1.807) is 13.8 Å². The van der Waals surface area contributed by atoms with Crippen LogP contribution in [0, 0.1) is 5.92 Å². The molecular formula is C16H21NO4. The zero-order valence-electron chi connectivity index (χ0n) is 12.6. The van der Waals surface area contributed by atoms with Gasteiger partial charge in [0.15, 0.2) is 0 Å². The standard InChI is InChI=1S/C16H21NO4/c1-11(2)15(16(20)21)17(14(19)9-12(3)18)10-13-7-5-4-6-8-13/h4-8,11,15H,9-10H2,1-3H3,(H,20,21)/t15-/m0/s1. The highest BCUT2D eigenvalue weighted by molar-refractivity contribution is 5.98. The molecule has 21 heavy (non-hydrogen) atoms. The Labute approximate surface area is 124 Å². The second kappa shape index (κ2) is 7.57. The summed E-state index contributed by atoms with van der Waals surface area (Å²) >= 11 is 0. The maximum absolute atomic E-state index is 12.3. The third-order valence-electron chi connectivity index (χ3n) is 3.14. The van der Waals surface area contributed by atoms with Gasteiger partial charge in [-0.3, -0.25) is 9.59 Å². The van der Waals surface area contributed by atoms with E-state index in [1.165, 1.54) is 11.8 Å². The Kier molecular flexibility index (Phi) is 6.09. The van der Waals surface area contributed by atoms with Gasteiger partial charge >= 0.3 is 5.97 Å². The molecule has 1 amide bonds. The van der Waals surface area contributed by atoms with E-state index in [4.69, 9.17) is 0 Å². The number of rotatable bonds is 7. The molecule has 0 bridgehead atoms. The predicted octanol–water partition coefficient (Wildman–Crippen LogP) is 2.10. The normalized spacial score (nSPS) is 12.0. The number of carbonyl (C=O) groups is 3. The van der Waals surface area contributed by atoms with E-state index >= 15 is 0 Å². The van der Waals surface area contributed by atoms with Gasteiger partial charge in [-0.15, -0.1) is 0 Å². The third kappa shape index (κ3) is 5.02. The zero-order chi connectivity index (χ0) is 16.0. The smallest absolute Gasteiger partial charge is 0.326 e. The summed E-state index contributed by atoms with van der Waals surface area (Å²) in [6, 6.07) is 8.21. The van der Waals surface area contributed by atoms with E-state index in [0.717, 1.165) is 5.56 Å². The first-order valence-corrected chi connectivity index (χ1v) is 6.88. The lowest BCUT2D eigenvalue weighted by atomic mass is 10.0. The molecule has 0 spiro atoms. The fraction of sp³-hybridized carbons (Fsp3) is 0.438. The number of benzene rings is 1.